The number of aliphatic hydroxyl groups excluding tert-OH is 1. The van der Waals surface area contributed by atoms with Crippen LogP contribution in [0.4, 0.5) is 0 Å². The van der Waals surface area contributed by atoms with Gasteiger partial charge in [-0.25, -0.2) is 0 Å². The Morgan fingerprint density at radius 1 is 0.483 bits per heavy atom. The Morgan fingerprint density at radius 3 is 1.36 bits per heavy atom. The summed E-state index contributed by atoms with van der Waals surface area (Å²) >= 11 is 0.0396. The first-order chi connectivity index (χ1) is 53.9. The van der Waals surface area contributed by atoms with Gasteiger partial charge in [-0.3, -0.25) is 9.59 Å². The number of hydrogen-bond donors (Lipinski definition) is 3. The summed E-state index contributed by atoms with van der Waals surface area (Å²) in [5.74, 6) is 9.47. The van der Waals surface area contributed by atoms with E-state index in [0.717, 1.165) is 96.2 Å². The number of Topliss-reactive ketones (excluding diaryl/α,β-unsaturated/α-hetero) is 1. The van der Waals surface area contributed by atoms with Crippen LogP contribution in [0.5, 0.6) is 46.0 Å². The molecule has 0 amide bonds. The molecule has 1 heterocycles. The Balaban J connectivity index is 0.000000231. The maximum Gasteiger partial charge on any atom is 1.00 e. The molecular weight excluding hydrogens is 1750 g/mol. The molecule has 0 spiro atoms. The monoisotopic (exact) mass is 1890 g/mol. The van der Waals surface area contributed by atoms with E-state index in [2.05, 4.69) is 137 Å². The molecule has 9 fully saturated rings. The summed E-state index contributed by atoms with van der Waals surface area (Å²) in [5.41, 5.74) is 4.78. The van der Waals surface area contributed by atoms with E-state index in [-0.39, 0.29) is 95.7 Å². The molecular formula is C96H144BBrCl4NaO14Sn. The van der Waals surface area contributed by atoms with Crippen molar-refractivity contribution in [1.82, 2.24) is 0 Å². The zero-order valence-corrected chi connectivity index (χ0v) is 85.7. The number of ether oxygens (including phenoxy) is 9. The predicted octanol–water partition coefficient (Wildman–Crippen LogP) is 22.1. The Bertz CT molecular complexity index is 4100. The molecule has 17 atom stereocenters. The van der Waals surface area contributed by atoms with Gasteiger partial charge < -0.3 is 59.4 Å². The fraction of sp³-hybridized carbons (Fsp3) is 0.708. The summed E-state index contributed by atoms with van der Waals surface area (Å²) in [4.78, 5) is 25.0. The number of esters is 1. The van der Waals surface area contributed by atoms with Crippen molar-refractivity contribution in [3.8, 4) is 46.0 Å². The molecule has 4 aromatic carbocycles. The van der Waals surface area contributed by atoms with Gasteiger partial charge in [-0.05, 0) is 286 Å². The van der Waals surface area contributed by atoms with E-state index in [1.807, 2.05) is 50.2 Å². The number of halogens is 5. The van der Waals surface area contributed by atoms with Crippen molar-refractivity contribution >= 4 is 91.7 Å². The maximum absolute atomic E-state index is 13.2. The minimum Gasteiger partial charge on any atom is -1.00 e. The average Bonchev–Trinajstić information content (AvgIpc) is 1.24. The average molecular weight is 1900 g/mol. The fourth-order valence-electron chi connectivity index (χ4n) is 26.5. The Kier molecular flexibility index (Phi) is 34.6. The van der Waals surface area contributed by atoms with E-state index >= 15 is 0 Å². The van der Waals surface area contributed by atoms with E-state index in [1.165, 1.54) is 88.2 Å². The summed E-state index contributed by atoms with van der Waals surface area (Å²) < 4.78 is 49.3. The molecule has 0 bridgehead atoms. The SMILES string of the molecule is CC1(C)CCC[C@@]2(C)C1CC[C@@]1(C)OC(=O)C[C@@H]12.COc1cc2c(cc1OC)[C@]1(C)CCC3C(C)(C)CCC[C@]3(C)[C@H]1C=C2.COc1ccc(Br)cc1OC.COc1ccc(C(=O)C[C@@H]2[C@@]3(C)CCCC(C)(C)C3CC[C@@]2(C)O)cc1OC.COc1ccc(C(O)C[C@@H]2[C@@]3(C)CCCC(C)(C)C3CC[C@@]2(C)O)cc1OC.[B].[Cl][Sn]([Cl])([Cl])[Cl].[H-].[Na+]. The first-order valence-corrected chi connectivity index (χ1v) is 58.1. The van der Waals surface area contributed by atoms with Crippen LogP contribution in [0.15, 0.2) is 77.3 Å². The molecule has 4 aromatic rings. The van der Waals surface area contributed by atoms with Gasteiger partial charge in [0.15, 0.2) is 51.8 Å². The van der Waals surface area contributed by atoms with Crippen molar-refractivity contribution in [2.45, 2.75) is 287 Å². The Morgan fingerprint density at radius 2 is 0.864 bits per heavy atom. The van der Waals surface area contributed by atoms with Crippen LogP contribution in [-0.2, 0) is 14.9 Å². The number of aliphatic hydroxyl groups is 3. The van der Waals surface area contributed by atoms with E-state index in [0.29, 0.717) is 93.2 Å². The molecule has 1 saturated heterocycles. The van der Waals surface area contributed by atoms with Crippen LogP contribution in [0.3, 0.4) is 0 Å². The number of carbonyl (C=O) groups is 2. The molecule has 8 saturated carbocycles. The number of ketones is 1. The summed E-state index contributed by atoms with van der Waals surface area (Å²) in [6.07, 6.45) is 29.4. The third-order valence-corrected chi connectivity index (χ3v) is 32.4. The zero-order valence-electron chi connectivity index (χ0n) is 77.3. The molecule has 3 radical (unpaired) electrons. The molecule has 14 rings (SSSR count). The fourth-order valence-corrected chi connectivity index (χ4v) is 26.8. The van der Waals surface area contributed by atoms with Gasteiger partial charge in [0, 0.05) is 42.1 Å². The summed E-state index contributed by atoms with van der Waals surface area (Å²) in [7, 11) is 33.2. The molecule has 5 unspecified atom stereocenters. The quantitative estimate of drug-likeness (QED) is 0.0617. The van der Waals surface area contributed by atoms with Crippen molar-refractivity contribution in [3.63, 3.8) is 0 Å². The van der Waals surface area contributed by atoms with Crippen LogP contribution in [0.1, 0.15) is 293 Å². The number of fused-ring (bicyclic) bond motifs is 10. The number of rotatable bonds is 14. The topological polar surface area (TPSA) is 178 Å². The summed E-state index contributed by atoms with van der Waals surface area (Å²) in [5, 5.41) is 33.7. The first kappa shape index (κ1) is 103. The van der Waals surface area contributed by atoms with Crippen molar-refractivity contribution in [3.05, 3.63) is 99.5 Å². The van der Waals surface area contributed by atoms with Crippen LogP contribution in [0.2, 0.25) is 0 Å². The zero-order chi connectivity index (χ0) is 86.2. The van der Waals surface area contributed by atoms with Crippen LogP contribution in [-0.4, -0.2) is 123 Å². The van der Waals surface area contributed by atoms with E-state index in [1.54, 1.807) is 75.1 Å². The summed E-state index contributed by atoms with van der Waals surface area (Å²) in [6.45, 7) is 37.6. The maximum atomic E-state index is 13.2. The second kappa shape index (κ2) is 39.8. The molecule has 3 N–H and O–H groups in total. The minimum atomic E-state index is -3.29. The van der Waals surface area contributed by atoms with Crippen molar-refractivity contribution < 1.29 is 98.5 Å². The third kappa shape index (κ3) is 21.9. The van der Waals surface area contributed by atoms with Gasteiger partial charge in [0.1, 0.15) is 5.60 Å². The standard InChI is InChI=1S/C24H38O4.C24H36O4.C24H34O2.C16H26O2.C8H9BrO2.B.4ClH.Na.Sn.H/c2*1-22(2)11-7-12-23(3)20(22)10-13-24(4,26)21(23)15-17(25)16-8-9-18(27-5)19(14-16)28-6;1-22(2)11-7-12-24(4)20(22)10-13-23(3)17-15-19(26-6)18(25-5)14-16(17)8-9-21(23)24;1-14(2)7-5-8-15(3)11(14)6-9-16(4)12(15)10-13(17)18-16;1-10-7-4-3-6(9)5-8(7)11-2;;;;;;;;/h8-9,14,17,20-21,25-26H,7,10-13,15H2,1-6H3;8-9,14,20-21,26H,7,10-13,15H2,1-6H3;8-9,14-15,20-21H,7,10-13H2,1-6H3;11-12H,5-10H2,1-4H3;3-5H,1-2H3;;4*1H;;;/q;;;;;;;;;;+1;+4;-1/p-4/t17?,20?,21-,23+,24-;20?,21-,23+,24-;20?,21-,23-,24-;11?,12-,15+,16-;;;;;;;;;/m1101........./s1. The smallest absolute Gasteiger partial charge is 1.00 e. The molecule has 118 heavy (non-hydrogen) atoms. The molecule has 9 aliphatic carbocycles. The Labute approximate surface area is 763 Å². The van der Waals surface area contributed by atoms with E-state index in [9.17, 15) is 24.9 Å². The second-order valence-electron chi connectivity index (χ2n) is 40.7. The predicted molar refractivity (Wildman–Crippen MR) is 485 cm³/mol. The van der Waals surface area contributed by atoms with Crippen molar-refractivity contribution in [1.29, 1.82) is 0 Å². The van der Waals surface area contributed by atoms with Crippen molar-refractivity contribution in [2.24, 2.45) is 90.7 Å². The minimum absolute atomic E-state index is 0. The first-order valence-electron chi connectivity index (χ1n) is 42.8. The van der Waals surface area contributed by atoms with Gasteiger partial charge in [-0.2, -0.15) is 0 Å². The number of hydrogen-bond acceptors (Lipinski definition) is 14. The van der Waals surface area contributed by atoms with E-state index in [4.69, 9.17) is 78.3 Å². The van der Waals surface area contributed by atoms with Gasteiger partial charge >= 0.3 is 85.1 Å². The molecule has 10 aliphatic rings. The molecule has 14 nitrogen and oxygen atoms in total. The Hall–Kier alpha value is -2.46. The van der Waals surface area contributed by atoms with Crippen LogP contribution in [0, 0.1) is 90.7 Å². The molecule has 0 aromatic heterocycles. The molecule has 655 valence electrons. The number of methoxy groups -OCH3 is 8. The largest absolute Gasteiger partial charge is 1.00 e. The molecule has 1 aliphatic heterocycles. The van der Waals surface area contributed by atoms with E-state index < -0.39 is 31.2 Å². The second-order valence-corrected chi connectivity index (χ2v) is 67.0. The van der Waals surface area contributed by atoms with Crippen LogP contribution < -0.4 is 67.5 Å². The normalized spacial score (nSPS) is 33.9. The van der Waals surface area contributed by atoms with Gasteiger partial charge in [0.25, 0.3) is 0 Å². The van der Waals surface area contributed by atoms with Crippen molar-refractivity contribution in [2.75, 3.05) is 56.9 Å². The number of benzene rings is 4. The van der Waals surface area contributed by atoms with Gasteiger partial charge in [-0.1, -0.05) is 150 Å². The third-order valence-electron chi connectivity index (χ3n) is 31.9. The number of carbonyl (C=O) groups excluding carboxylic acids is 2. The summed E-state index contributed by atoms with van der Waals surface area (Å²) in [6, 6.07) is 20.9. The number of allylic oxidation sites excluding steroid dienone is 1. The van der Waals surface area contributed by atoms with Gasteiger partial charge in [0.2, 0.25) is 0 Å². The van der Waals surface area contributed by atoms with Gasteiger partial charge in [0.05, 0.1) is 80.6 Å². The van der Waals surface area contributed by atoms with Crippen LogP contribution >= 0.6 is 51.6 Å². The van der Waals surface area contributed by atoms with Gasteiger partial charge in [-0.15, -0.1) is 0 Å². The molecule has 22 heteroatoms. The van der Waals surface area contributed by atoms with Crippen LogP contribution in [0.25, 0.3) is 6.08 Å².